The van der Waals surface area contributed by atoms with Gasteiger partial charge in [0, 0.05) is 29.4 Å². The summed E-state index contributed by atoms with van der Waals surface area (Å²) in [6, 6.07) is 8.15. The molecule has 11 heteroatoms. The van der Waals surface area contributed by atoms with Crippen molar-refractivity contribution < 1.29 is 27.5 Å². The monoisotopic (exact) mass is 582 g/mol. The van der Waals surface area contributed by atoms with E-state index in [1.807, 2.05) is 0 Å². The van der Waals surface area contributed by atoms with Gasteiger partial charge in [-0.1, -0.05) is 24.8 Å². The zero-order valence-electron chi connectivity index (χ0n) is 23.6. The average Bonchev–Trinajstić information content (AvgIpc) is 2.87. The van der Waals surface area contributed by atoms with Crippen molar-refractivity contribution in [2.24, 2.45) is 17.5 Å². The molecule has 1 aromatic heterocycles. The molecule has 42 heavy (non-hydrogen) atoms. The lowest BCUT2D eigenvalue weighted by Crippen LogP contribution is -2.67. The maximum absolute atomic E-state index is 14.7. The minimum atomic E-state index is -4.57. The zero-order chi connectivity index (χ0) is 30.8. The fourth-order valence-corrected chi connectivity index (χ4v) is 6.55. The molecule has 2 bridgehead atoms. The van der Waals surface area contributed by atoms with Gasteiger partial charge in [0.2, 0.25) is 0 Å². The molecule has 220 valence electrons. The van der Waals surface area contributed by atoms with Crippen LogP contribution in [0.25, 0.3) is 10.9 Å². The summed E-state index contributed by atoms with van der Waals surface area (Å²) >= 11 is 0. The Morgan fingerprint density at radius 3 is 2.48 bits per heavy atom. The zero-order valence-corrected chi connectivity index (χ0v) is 23.6. The number of carboxylic acid groups (broad SMARTS) is 1. The van der Waals surface area contributed by atoms with Gasteiger partial charge < -0.3 is 10.4 Å². The van der Waals surface area contributed by atoms with E-state index in [1.165, 1.54) is 30.5 Å². The Hall–Kier alpha value is -4.28. The second-order valence-electron chi connectivity index (χ2n) is 11.3. The summed E-state index contributed by atoms with van der Waals surface area (Å²) < 4.78 is 55.9. The van der Waals surface area contributed by atoms with Gasteiger partial charge in [0.1, 0.15) is 17.3 Å². The lowest BCUT2D eigenvalue weighted by atomic mass is 9.32. The van der Waals surface area contributed by atoms with E-state index in [-0.39, 0.29) is 16.7 Å². The number of hydrogen-bond acceptors (Lipinski definition) is 5. The number of hydrogen-bond donors (Lipinski definition) is 2. The second-order valence-corrected chi connectivity index (χ2v) is 11.3. The number of fused-ring (bicyclic) bond motifs is 1. The smallest absolute Gasteiger partial charge is 0.433 e. The summed E-state index contributed by atoms with van der Waals surface area (Å²) in [5.41, 5.74) is -0.467. The van der Waals surface area contributed by atoms with Crippen molar-refractivity contribution in [2.45, 2.75) is 57.7 Å². The maximum Gasteiger partial charge on any atom is 0.433 e. The predicted molar refractivity (Wildman–Crippen MR) is 152 cm³/mol. The van der Waals surface area contributed by atoms with Crippen molar-refractivity contribution in [3.05, 3.63) is 93.4 Å². The molecular formula is C31H30F4N4O3. The van der Waals surface area contributed by atoms with Crippen LogP contribution in [0.4, 0.5) is 23.2 Å². The number of carbonyl (C=O) groups is 1. The van der Waals surface area contributed by atoms with E-state index in [4.69, 9.17) is 4.98 Å². The molecule has 3 aliphatic carbocycles. The first kappa shape index (κ1) is 29.2. The molecule has 0 amide bonds. The highest BCUT2D eigenvalue weighted by Gasteiger charge is 2.71. The van der Waals surface area contributed by atoms with E-state index in [1.54, 1.807) is 32.2 Å². The lowest BCUT2D eigenvalue weighted by molar-refractivity contribution is -0.112. The SMILES string of the molecule is C=C(C(C)=N/C(=C\C)C(F)(F)F)C12CC(c3nc4c(C(C)Nc5ccccc5C(=O)O)cc(F)cc4c(=O)n3C)(C1)C2. The van der Waals surface area contributed by atoms with Crippen LogP contribution in [0, 0.1) is 11.2 Å². The molecular weight excluding hydrogens is 552 g/mol. The second kappa shape index (κ2) is 9.92. The summed E-state index contributed by atoms with van der Waals surface area (Å²) in [5.74, 6) is -1.23. The number of nitrogens with zero attached hydrogens (tertiary/aromatic N) is 3. The van der Waals surface area contributed by atoms with Crippen LogP contribution in [-0.4, -0.2) is 32.5 Å². The molecule has 0 saturated heterocycles. The van der Waals surface area contributed by atoms with Gasteiger partial charge in [0.15, 0.2) is 0 Å². The third-order valence-corrected chi connectivity index (χ3v) is 8.60. The first-order valence-corrected chi connectivity index (χ1v) is 13.4. The van der Waals surface area contributed by atoms with Gasteiger partial charge in [0.25, 0.3) is 5.56 Å². The molecule has 1 unspecified atom stereocenters. The van der Waals surface area contributed by atoms with Crippen molar-refractivity contribution >= 4 is 28.3 Å². The van der Waals surface area contributed by atoms with Gasteiger partial charge in [-0.15, -0.1) is 0 Å². The number of benzene rings is 2. The topological polar surface area (TPSA) is 96.6 Å². The van der Waals surface area contributed by atoms with Gasteiger partial charge in [-0.3, -0.25) is 9.36 Å². The van der Waals surface area contributed by atoms with Crippen molar-refractivity contribution in [3.8, 4) is 0 Å². The van der Waals surface area contributed by atoms with Gasteiger partial charge in [0.05, 0.1) is 22.5 Å². The summed E-state index contributed by atoms with van der Waals surface area (Å²) in [7, 11) is 1.58. The lowest BCUT2D eigenvalue weighted by Gasteiger charge is -2.71. The fraction of sp³-hybridized carbons (Fsp3) is 0.355. The van der Waals surface area contributed by atoms with Crippen LogP contribution >= 0.6 is 0 Å². The molecule has 0 aliphatic heterocycles. The summed E-state index contributed by atoms with van der Waals surface area (Å²) in [6.45, 7) is 8.60. The van der Waals surface area contributed by atoms with Crippen LogP contribution in [0.15, 0.2) is 70.1 Å². The van der Waals surface area contributed by atoms with Crippen molar-refractivity contribution in [1.82, 2.24) is 9.55 Å². The molecule has 3 fully saturated rings. The van der Waals surface area contributed by atoms with E-state index in [9.17, 15) is 32.3 Å². The number of aliphatic imine (C=N–C) groups is 1. The van der Waals surface area contributed by atoms with E-state index in [2.05, 4.69) is 16.9 Å². The van der Waals surface area contributed by atoms with Crippen LogP contribution < -0.4 is 10.9 Å². The number of anilines is 1. The van der Waals surface area contributed by atoms with E-state index in [0.29, 0.717) is 47.4 Å². The number of carboxylic acids is 1. The number of halogens is 4. The quantitative estimate of drug-likeness (QED) is 0.224. The first-order chi connectivity index (χ1) is 19.6. The van der Waals surface area contributed by atoms with E-state index in [0.717, 1.165) is 12.1 Å². The molecule has 3 aliphatic rings. The van der Waals surface area contributed by atoms with Gasteiger partial charge in [-0.25, -0.2) is 19.2 Å². The number of rotatable bonds is 8. The third-order valence-electron chi connectivity index (χ3n) is 8.60. The number of alkyl halides is 3. The van der Waals surface area contributed by atoms with Gasteiger partial charge in [-0.05, 0) is 75.3 Å². The number of nitrogens with one attached hydrogen (secondary N) is 1. The minimum Gasteiger partial charge on any atom is -0.478 e. The summed E-state index contributed by atoms with van der Waals surface area (Å²) in [5, 5.41) is 12.8. The Balaban J connectivity index is 1.48. The van der Waals surface area contributed by atoms with E-state index < -0.39 is 46.1 Å². The maximum atomic E-state index is 14.7. The molecule has 1 atom stereocenters. The Morgan fingerprint density at radius 2 is 1.88 bits per heavy atom. The van der Waals surface area contributed by atoms with Crippen molar-refractivity contribution in [1.29, 1.82) is 0 Å². The molecule has 6 rings (SSSR count). The van der Waals surface area contributed by atoms with Crippen LogP contribution in [0.1, 0.15) is 67.8 Å². The standard InChI is InChI=1S/C31H30F4N4O3/c1-6-24(31(33,34)35)37-17(3)16(2)29-13-30(14-29,15-29)28-38-25-21(11-19(32)12-22(25)26(40)39(28)5)18(4)36-23-10-8-7-9-20(23)27(41)42/h6-12,18,36H,2,13-15H2,1,3-5H3,(H,41,42)/b24-6-,37-17?. The molecule has 7 nitrogen and oxygen atoms in total. The largest absolute Gasteiger partial charge is 0.478 e. The van der Waals surface area contributed by atoms with Crippen molar-refractivity contribution in [3.63, 3.8) is 0 Å². The predicted octanol–water partition coefficient (Wildman–Crippen LogP) is 6.85. The Labute approximate surface area is 239 Å². The van der Waals surface area contributed by atoms with E-state index >= 15 is 0 Å². The Bertz CT molecular complexity index is 1750. The molecule has 0 radical (unpaired) electrons. The molecule has 2 N–H and O–H groups in total. The number of aromatic carboxylic acids is 1. The molecule has 3 saturated carbocycles. The molecule has 2 aromatic carbocycles. The van der Waals surface area contributed by atoms with Crippen molar-refractivity contribution in [2.75, 3.05) is 5.32 Å². The van der Waals surface area contributed by atoms with Crippen LogP contribution in [-0.2, 0) is 12.5 Å². The van der Waals surface area contributed by atoms with Gasteiger partial charge >= 0.3 is 12.1 Å². The first-order valence-electron chi connectivity index (χ1n) is 13.4. The molecule has 1 heterocycles. The highest BCUT2D eigenvalue weighted by Crippen LogP contribution is 2.76. The van der Waals surface area contributed by atoms with Gasteiger partial charge in [-0.2, -0.15) is 13.2 Å². The van der Waals surface area contributed by atoms with Crippen LogP contribution in [0.2, 0.25) is 0 Å². The average molecular weight is 583 g/mol. The summed E-state index contributed by atoms with van der Waals surface area (Å²) in [6.07, 6.45) is -2.00. The number of aromatic nitrogens is 2. The van der Waals surface area contributed by atoms with Crippen LogP contribution in [0.3, 0.4) is 0 Å². The normalized spacial score (nSPS) is 22.8. The number of allylic oxidation sites excluding steroid dienone is 3. The Morgan fingerprint density at radius 1 is 1.24 bits per heavy atom. The van der Waals surface area contributed by atoms with Crippen LogP contribution in [0.5, 0.6) is 0 Å². The number of para-hydroxylation sites is 1. The molecule has 0 spiro atoms. The summed E-state index contributed by atoms with van der Waals surface area (Å²) in [4.78, 5) is 33.8. The molecule has 3 aromatic rings. The highest BCUT2D eigenvalue weighted by molar-refractivity contribution is 6.00. The highest BCUT2D eigenvalue weighted by atomic mass is 19.4. The Kier molecular flexibility index (Phi) is 6.90. The fourth-order valence-electron chi connectivity index (χ4n) is 6.55. The third kappa shape index (κ3) is 4.60. The minimum absolute atomic E-state index is 0.0460.